The molecule has 0 spiro atoms. The predicted octanol–water partition coefficient (Wildman–Crippen LogP) is 4.98. The summed E-state index contributed by atoms with van der Waals surface area (Å²) in [5.41, 5.74) is 3.28. The predicted molar refractivity (Wildman–Crippen MR) is 79.7 cm³/mol. The molecule has 0 N–H and O–H groups in total. The summed E-state index contributed by atoms with van der Waals surface area (Å²) < 4.78 is 6.95. The average Bonchev–Trinajstić information content (AvgIpc) is 2.38. The molecule has 0 unspecified atom stereocenters. The van der Waals surface area contributed by atoms with Crippen LogP contribution in [0.4, 0.5) is 0 Å². The monoisotopic (exact) mass is 302 g/mol. The zero-order valence-corrected chi connectivity index (χ0v) is 11.9. The fraction of sp³-hybridized carbons (Fsp3) is 0.125. The molecular weight excluding hydrogens is 288 g/mol. The second kappa shape index (κ2) is 5.87. The number of hydrogen-bond donors (Lipinski definition) is 0. The van der Waals surface area contributed by atoms with Crippen LogP contribution in [-0.4, -0.2) is 0 Å². The van der Waals surface area contributed by atoms with Crippen LogP contribution in [0.25, 0.3) is 6.08 Å². The Bertz CT molecular complexity index is 547. The van der Waals surface area contributed by atoms with Crippen LogP contribution in [0.3, 0.4) is 0 Å². The third-order valence-corrected chi connectivity index (χ3v) is 3.17. The lowest BCUT2D eigenvalue weighted by Gasteiger charge is -2.13. The van der Waals surface area contributed by atoms with Gasteiger partial charge in [0, 0.05) is 10.0 Å². The zero-order chi connectivity index (χ0) is 13.0. The van der Waals surface area contributed by atoms with Gasteiger partial charge in [0.05, 0.1) is 0 Å². The lowest BCUT2D eigenvalue weighted by Crippen LogP contribution is -1.98. The van der Waals surface area contributed by atoms with Crippen molar-refractivity contribution in [2.24, 2.45) is 0 Å². The first kappa shape index (κ1) is 12.9. The number of hydrogen-bond acceptors (Lipinski definition) is 1. The minimum atomic E-state index is 0.574. The molecule has 92 valence electrons. The molecule has 0 fully saturated rings. The minimum Gasteiger partial charge on any atom is -0.488 e. The topological polar surface area (TPSA) is 9.23 Å². The van der Waals surface area contributed by atoms with Gasteiger partial charge < -0.3 is 4.74 Å². The molecule has 0 aromatic heterocycles. The summed E-state index contributed by atoms with van der Waals surface area (Å²) >= 11 is 3.48. The summed E-state index contributed by atoms with van der Waals surface area (Å²) in [7, 11) is 0. The summed E-state index contributed by atoms with van der Waals surface area (Å²) in [5, 5.41) is 0. The van der Waals surface area contributed by atoms with E-state index < -0.39 is 0 Å². The normalized spacial score (nSPS) is 10.1. The van der Waals surface area contributed by atoms with Gasteiger partial charge in [-0.3, -0.25) is 0 Å². The van der Waals surface area contributed by atoms with Crippen LogP contribution in [0.1, 0.15) is 16.7 Å². The molecule has 0 radical (unpaired) electrons. The summed E-state index contributed by atoms with van der Waals surface area (Å²) in [4.78, 5) is 0. The van der Waals surface area contributed by atoms with Crippen molar-refractivity contribution in [1.29, 1.82) is 0 Å². The van der Waals surface area contributed by atoms with Crippen molar-refractivity contribution in [3.8, 4) is 5.75 Å². The summed E-state index contributed by atoms with van der Waals surface area (Å²) in [6.07, 6.45) is 1.82. The van der Waals surface area contributed by atoms with E-state index in [2.05, 4.69) is 34.6 Å². The highest BCUT2D eigenvalue weighted by Gasteiger charge is 2.06. The van der Waals surface area contributed by atoms with Crippen molar-refractivity contribution in [2.75, 3.05) is 0 Å². The van der Waals surface area contributed by atoms with Crippen molar-refractivity contribution in [3.05, 3.63) is 70.2 Å². The molecule has 2 heteroatoms. The standard InChI is InChI=1S/C16H15BrO/c1-3-14-10-15(17)9-12(2)16(14)18-11-13-7-5-4-6-8-13/h3-10H,1,11H2,2H3. The molecule has 0 amide bonds. The van der Waals surface area contributed by atoms with Gasteiger partial charge in [-0.2, -0.15) is 0 Å². The van der Waals surface area contributed by atoms with E-state index in [4.69, 9.17) is 4.74 Å². The van der Waals surface area contributed by atoms with E-state index in [1.165, 1.54) is 0 Å². The second-order valence-electron chi connectivity index (χ2n) is 4.12. The Morgan fingerprint density at radius 2 is 1.94 bits per heavy atom. The van der Waals surface area contributed by atoms with Crippen LogP contribution in [0, 0.1) is 6.92 Å². The highest BCUT2D eigenvalue weighted by atomic mass is 79.9. The number of rotatable bonds is 4. The highest BCUT2D eigenvalue weighted by molar-refractivity contribution is 9.10. The Morgan fingerprint density at radius 3 is 2.61 bits per heavy atom. The maximum absolute atomic E-state index is 5.91. The van der Waals surface area contributed by atoms with Crippen LogP contribution >= 0.6 is 15.9 Å². The van der Waals surface area contributed by atoms with Crippen LogP contribution in [0.5, 0.6) is 5.75 Å². The fourth-order valence-corrected chi connectivity index (χ4v) is 2.42. The largest absolute Gasteiger partial charge is 0.488 e. The van der Waals surface area contributed by atoms with E-state index in [1.807, 2.05) is 43.3 Å². The lowest BCUT2D eigenvalue weighted by molar-refractivity contribution is 0.303. The Balaban J connectivity index is 2.21. The molecule has 2 aromatic carbocycles. The molecule has 0 bridgehead atoms. The van der Waals surface area contributed by atoms with Gasteiger partial charge in [-0.15, -0.1) is 0 Å². The van der Waals surface area contributed by atoms with Gasteiger partial charge in [-0.25, -0.2) is 0 Å². The number of ether oxygens (including phenoxy) is 1. The Morgan fingerprint density at radius 1 is 1.22 bits per heavy atom. The van der Waals surface area contributed by atoms with Gasteiger partial charge >= 0.3 is 0 Å². The fourth-order valence-electron chi connectivity index (χ4n) is 1.83. The van der Waals surface area contributed by atoms with Crippen molar-refractivity contribution >= 4 is 22.0 Å². The van der Waals surface area contributed by atoms with Crippen molar-refractivity contribution in [3.63, 3.8) is 0 Å². The van der Waals surface area contributed by atoms with Gasteiger partial charge in [-0.1, -0.05) is 58.9 Å². The van der Waals surface area contributed by atoms with Crippen LogP contribution < -0.4 is 4.74 Å². The van der Waals surface area contributed by atoms with Gasteiger partial charge in [0.2, 0.25) is 0 Å². The minimum absolute atomic E-state index is 0.574. The zero-order valence-electron chi connectivity index (χ0n) is 10.3. The van der Waals surface area contributed by atoms with E-state index in [0.717, 1.165) is 26.9 Å². The molecule has 0 saturated carbocycles. The maximum atomic E-state index is 5.91. The van der Waals surface area contributed by atoms with Gasteiger partial charge in [0.15, 0.2) is 0 Å². The summed E-state index contributed by atoms with van der Waals surface area (Å²) in [6, 6.07) is 14.2. The first-order chi connectivity index (χ1) is 8.70. The van der Waals surface area contributed by atoms with Crippen molar-refractivity contribution in [1.82, 2.24) is 0 Å². The third-order valence-electron chi connectivity index (χ3n) is 2.71. The average molecular weight is 303 g/mol. The molecule has 1 nitrogen and oxygen atoms in total. The number of aryl methyl sites for hydroxylation is 1. The highest BCUT2D eigenvalue weighted by Crippen LogP contribution is 2.29. The smallest absolute Gasteiger partial charge is 0.129 e. The maximum Gasteiger partial charge on any atom is 0.129 e. The van der Waals surface area contributed by atoms with E-state index in [9.17, 15) is 0 Å². The second-order valence-corrected chi connectivity index (χ2v) is 5.04. The van der Waals surface area contributed by atoms with Crippen molar-refractivity contribution in [2.45, 2.75) is 13.5 Å². The Kier molecular flexibility index (Phi) is 4.21. The van der Waals surface area contributed by atoms with E-state index in [1.54, 1.807) is 0 Å². The first-order valence-electron chi connectivity index (χ1n) is 5.80. The molecule has 0 saturated heterocycles. The van der Waals surface area contributed by atoms with E-state index >= 15 is 0 Å². The molecule has 0 aliphatic heterocycles. The molecule has 0 heterocycles. The third kappa shape index (κ3) is 3.02. The SMILES string of the molecule is C=Cc1cc(Br)cc(C)c1OCc1ccccc1. The molecule has 2 rings (SSSR count). The molecule has 18 heavy (non-hydrogen) atoms. The Hall–Kier alpha value is -1.54. The molecule has 0 aliphatic rings. The number of benzene rings is 2. The van der Waals surface area contributed by atoms with Crippen LogP contribution in [0.15, 0.2) is 53.5 Å². The van der Waals surface area contributed by atoms with E-state index in [-0.39, 0.29) is 0 Å². The van der Waals surface area contributed by atoms with Gasteiger partial charge in [0.25, 0.3) is 0 Å². The lowest BCUT2D eigenvalue weighted by atomic mass is 10.1. The summed E-state index contributed by atoms with van der Waals surface area (Å²) in [6.45, 7) is 6.44. The first-order valence-corrected chi connectivity index (χ1v) is 6.59. The Labute approximate surface area is 116 Å². The van der Waals surface area contributed by atoms with Gasteiger partial charge in [0.1, 0.15) is 12.4 Å². The molecule has 0 aliphatic carbocycles. The van der Waals surface area contributed by atoms with Gasteiger partial charge in [-0.05, 0) is 30.2 Å². The van der Waals surface area contributed by atoms with Crippen LogP contribution in [-0.2, 0) is 6.61 Å². The van der Waals surface area contributed by atoms with Crippen LogP contribution in [0.2, 0.25) is 0 Å². The van der Waals surface area contributed by atoms with Crippen molar-refractivity contribution < 1.29 is 4.74 Å². The molecular formula is C16H15BrO. The number of halogens is 1. The van der Waals surface area contributed by atoms with E-state index in [0.29, 0.717) is 6.61 Å². The molecule has 2 aromatic rings. The molecule has 0 atom stereocenters. The quantitative estimate of drug-likeness (QED) is 0.774. The summed E-state index contributed by atoms with van der Waals surface area (Å²) in [5.74, 6) is 0.900.